The highest BCUT2D eigenvalue weighted by Crippen LogP contribution is 2.15. The van der Waals surface area contributed by atoms with Gasteiger partial charge in [0.05, 0.1) is 13.4 Å². The van der Waals surface area contributed by atoms with Crippen LogP contribution >= 0.6 is 0 Å². The molecule has 0 spiro atoms. The first-order valence-corrected chi connectivity index (χ1v) is 8.31. The van der Waals surface area contributed by atoms with Crippen molar-refractivity contribution < 1.29 is 17.9 Å². The van der Waals surface area contributed by atoms with Crippen molar-refractivity contribution in [2.75, 3.05) is 19.9 Å². The number of hydrogen-bond acceptors (Lipinski definition) is 4. The van der Waals surface area contributed by atoms with Crippen LogP contribution in [0.4, 0.5) is 0 Å². The molecule has 1 aliphatic rings. The maximum atomic E-state index is 12.1. The summed E-state index contributed by atoms with van der Waals surface area (Å²) in [5, 5.41) is 2.74. The van der Waals surface area contributed by atoms with Gasteiger partial charge in [-0.15, -0.1) is 0 Å². The van der Waals surface area contributed by atoms with E-state index in [0.717, 1.165) is 21.9 Å². The Hall–Kier alpha value is -1.86. The van der Waals surface area contributed by atoms with Crippen molar-refractivity contribution in [3.8, 4) is 5.75 Å². The summed E-state index contributed by atoms with van der Waals surface area (Å²) in [4.78, 5) is 12.1. The highest BCUT2D eigenvalue weighted by Gasteiger charge is 2.32. The van der Waals surface area contributed by atoms with Gasteiger partial charge in [-0.1, -0.05) is 24.3 Å². The lowest BCUT2D eigenvalue weighted by molar-refractivity contribution is -0.123. The standard InChI is InChI=1S/C14H18N2O4S/c1-20-12-7-5-11(6-8-12)10-15-14(17)13-4-3-9-16(13)21(2,18)19/h3-8,13H,9-10H2,1-2H3,(H,15,17)/t13-/m0/s1. The number of benzene rings is 1. The van der Waals surface area contributed by atoms with Crippen molar-refractivity contribution >= 4 is 15.9 Å². The van der Waals surface area contributed by atoms with Gasteiger partial charge in [0.2, 0.25) is 15.9 Å². The van der Waals surface area contributed by atoms with Crippen molar-refractivity contribution in [3.63, 3.8) is 0 Å². The minimum atomic E-state index is -3.40. The zero-order valence-corrected chi connectivity index (χ0v) is 12.8. The van der Waals surface area contributed by atoms with Gasteiger partial charge in [-0.2, -0.15) is 4.31 Å². The fourth-order valence-corrected chi connectivity index (χ4v) is 3.04. The predicted octanol–water partition coefficient (Wildman–Crippen LogP) is 0.511. The molecule has 21 heavy (non-hydrogen) atoms. The molecule has 1 atom stereocenters. The van der Waals surface area contributed by atoms with Gasteiger partial charge < -0.3 is 10.1 Å². The fourth-order valence-electron chi connectivity index (χ4n) is 2.10. The summed E-state index contributed by atoms with van der Waals surface area (Å²) in [5.41, 5.74) is 0.914. The number of amides is 1. The van der Waals surface area contributed by atoms with E-state index >= 15 is 0 Å². The predicted molar refractivity (Wildman–Crippen MR) is 79.3 cm³/mol. The molecule has 0 saturated heterocycles. The first-order chi connectivity index (χ1) is 9.91. The summed E-state index contributed by atoms with van der Waals surface area (Å²) in [5.74, 6) is 0.414. The third-order valence-electron chi connectivity index (χ3n) is 3.23. The number of nitrogens with one attached hydrogen (secondary N) is 1. The van der Waals surface area contributed by atoms with Gasteiger partial charge >= 0.3 is 0 Å². The van der Waals surface area contributed by atoms with E-state index in [4.69, 9.17) is 4.74 Å². The monoisotopic (exact) mass is 310 g/mol. The van der Waals surface area contributed by atoms with Crippen LogP contribution in [0.15, 0.2) is 36.4 Å². The van der Waals surface area contributed by atoms with Crippen molar-refractivity contribution in [2.45, 2.75) is 12.6 Å². The molecule has 114 valence electrons. The molecule has 0 fully saturated rings. The zero-order valence-electron chi connectivity index (χ0n) is 11.9. The lowest BCUT2D eigenvalue weighted by atomic mass is 10.2. The van der Waals surface area contributed by atoms with Gasteiger partial charge in [-0.05, 0) is 17.7 Å². The Balaban J connectivity index is 1.96. The third-order valence-corrected chi connectivity index (χ3v) is 4.46. The topological polar surface area (TPSA) is 75.7 Å². The van der Waals surface area contributed by atoms with E-state index in [0.29, 0.717) is 6.54 Å². The smallest absolute Gasteiger partial charge is 0.242 e. The molecule has 7 heteroatoms. The van der Waals surface area contributed by atoms with Crippen LogP contribution < -0.4 is 10.1 Å². The molecule has 0 bridgehead atoms. The third kappa shape index (κ3) is 3.83. The molecule has 1 aromatic carbocycles. The number of carbonyl (C=O) groups excluding carboxylic acids is 1. The summed E-state index contributed by atoms with van der Waals surface area (Å²) in [6, 6.07) is 6.54. The Morgan fingerprint density at radius 3 is 2.62 bits per heavy atom. The molecular weight excluding hydrogens is 292 g/mol. The minimum Gasteiger partial charge on any atom is -0.497 e. The van der Waals surface area contributed by atoms with Gasteiger partial charge in [0.25, 0.3) is 0 Å². The fraction of sp³-hybridized carbons (Fsp3) is 0.357. The van der Waals surface area contributed by atoms with Crippen LogP contribution in [0.1, 0.15) is 5.56 Å². The van der Waals surface area contributed by atoms with Crippen LogP contribution in [0.5, 0.6) is 5.75 Å². The van der Waals surface area contributed by atoms with Crippen LogP contribution in [-0.4, -0.2) is 44.6 Å². The molecule has 0 aromatic heterocycles. The number of ether oxygens (including phenoxy) is 1. The van der Waals surface area contributed by atoms with E-state index in [-0.39, 0.29) is 12.5 Å². The average Bonchev–Trinajstić information content (AvgIpc) is 2.95. The summed E-state index contributed by atoms with van der Waals surface area (Å²) in [6.45, 7) is 0.574. The maximum absolute atomic E-state index is 12.1. The Labute approximate surface area is 124 Å². The SMILES string of the molecule is COc1ccc(CNC(=O)[C@@H]2C=CCN2S(C)(=O)=O)cc1. The number of methoxy groups -OCH3 is 1. The molecular formula is C14H18N2O4S. The van der Waals surface area contributed by atoms with Crippen LogP contribution in [0.2, 0.25) is 0 Å². The molecule has 0 saturated carbocycles. The van der Waals surface area contributed by atoms with E-state index in [1.165, 1.54) is 0 Å². The maximum Gasteiger partial charge on any atom is 0.242 e. The van der Waals surface area contributed by atoms with E-state index in [2.05, 4.69) is 5.32 Å². The molecule has 1 aliphatic heterocycles. The second kappa shape index (κ2) is 6.28. The molecule has 1 amide bonds. The Bertz CT molecular complexity index is 637. The normalized spacial score (nSPS) is 18.7. The van der Waals surface area contributed by atoms with E-state index in [9.17, 15) is 13.2 Å². The van der Waals surface area contributed by atoms with Gasteiger partial charge in [0.1, 0.15) is 11.8 Å². The van der Waals surface area contributed by atoms with E-state index < -0.39 is 16.1 Å². The molecule has 1 heterocycles. The van der Waals surface area contributed by atoms with Gasteiger partial charge in [0, 0.05) is 13.1 Å². The summed E-state index contributed by atoms with van der Waals surface area (Å²) < 4.78 is 29.4. The number of carbonyl (C=O) groups is 1. The van der Waals surface area contributed by atoms with Gasteiger partial charge in [0.15, 0.2) is 0 Å². The van der Waals surface area contributed by atoms with Crippen LogP contribution in [-0.2, 0) is 21.4 Å². The first-order valence-electron chi connectivity index (χ1n) is 6.46. The Kier molecular flexibility index (Phi) is 4.64. The van der Waals surface area contributed by atoms with E-state index in [1.54, 1.807) is 31.4 Å². The molecule has 0 radical (unpaired) electrons. The Morgan fingerprint density at radius 1 is 1.38 bits per heavy atom. The van der Waals surface area contributed by atoms with Crippen molar-refractivity contribution in [3.05, 3.63) is 42.0 Å². The summed E-state index contributed by atoms with van der Waals surface area (Å²) in [6.07, 6.45) is 4.38. The largest absolute Gasteiger partial charge is 0.497 e. The molecule has 0 aliphatic carbocycles. The summed E-state index contributed by atoms with van der Waals surface area (Å²) in [7, 11) is -1.81. The molecule has 1 aromatic rings. The van der Waals surface area contributed by atoms with E-state index in [1.807, 2.05) is 12.1 Å². The van der Waals surface area contributed by atoms with Gasteiger partial charge in [-0.3, -0.25) is 4.79 Å². The summed E-state index contributed by atoms with van der Waals surface area (Å²) >= 11 is 0. The number of sulfonamides is 1. The van der Waals surface area contributed by atoms with Crippen molar-refractivity contribution in [1.82, 2.24) is 9.62 Å². The minimum absolute atomic E-state index is 0.236. The zero-order chi connectivity index (χ0) is 15.5. The molecule has 6 nitrogen and oxygen atoms in total. The van der Waals surface area contributed by atoms with Gasteiger partial charge in [-0.25, -0.2) is 8.42 Å². The first kappa shape index (κ1) is 15.5. The molecule has 1 N–H and O–H groups in total. The van der Waals surface area contributed by atoms with Crippen LogP contribution in [0, 0.1) is 0 Å². The number of rotatable bonds is 5. The van der Waals surface area contributed by atoms with Crippen molar-refractivity contribution in [2.24, 2.45) is 0 Å². The number of nitrogens with zero attached hydrogens (tertiary/aromatic N) is 1. The lowest BCUT2D eigenvalue weighted by Crippen LogP contribution is -2.45. The second-order valence-electron chi connectivity index (χ2n) is 4.77. The average molecular weight is 310 g/mol. The highest BCUT2D eigenvalue weighted by atomic mass is 32.2. The Morgan fingerprint density at radius 2 is 2.05 bits per heavy atom. The second-order valence-corrected chi connectivity index (χ2v) is 6.71. The van der Waals surface area contributed by atoms with Crippen molar-refractivity contribution in [1.29, 1.82) is 0 Å². The van der Waals surface area contributed by atoms with Crippen LogP contribution in [0.25, 0.3) is 0 Å². The lowest BCUT2D eigenvalue weighted by Gasteiger charge is -2.21. The number of hydrogen-bond donors (Lipinski definition) is 1. The van der Waals surface area contributed by atoms with Crippen LogP contribution in [0.3, 0.4) is 0 Å². The molecule has 0 unspecified atom stereocenters. The molecule has 2 rings (SSSR count). The quantitative estimate of drug-likeness (QED) is 0.804. The highest BCUT2D eigenvalue weighted by molar-refractivity contribution is 7.88.